The largest absolute Gasteiger partial charge is 0.486 e. The Balaban J connectivity index is 1.60. The van der Waals surface area contributed by atoms with Gasteiger partial charge in [-0.05, 0) is 55.5 Å². The molecular formula is C18H17N3O4S2. The Morgan fingerprint density at radius 1 is 1.15 bits per heavy atom. The smallest absolute Gasteiger partial charge is 0.255 e. The van der Waals surface area contributed by atoms with Crippen LogP contribution in [0.25, 0.3) is 0 Å². The van der Waals surface area contributed by atoms with Crippen LogP contribution in [0.2, 0.25) is 0 Å². The number of carbonyl (C=O) groups excluding carboxylic acids is 1. The maximum absolute atomic E-state index is 12.3. The van der Waals surface area contributed by atoms with Crippen LogP contribution in [-0.2, 0) is 16.6 Å². The minimum Gasteiger partial charge on any atom is -0.486 e. The molecule has 0 unspecified atom stereocenters. The number of rotatable bonds is 6. The van der Waals surface area contributed by atoms with Crippen molar-refractivity contribution in [1.82, 2.24) is 4.98 Å². The number of hydrogen-bond acceptors (Lipinski definition) is 6. The van der Waals surface area contributed by atoms with Gasteiger partial charge in [0.25, 0.3) is 5.91 Å². The molecule has 1 heterocycles. The zero-order chi connectivity index (χ0) is 19.4. The van der Waals surface area contributed by atoms with Gasteiger partial charge in [-0.1, -0.05) is 0 Å². The van der Waals surface area contributed by atoms with E-state index in [2.05, 4.69) is 10.3 Å². The lowest BCUT2D eigenvalue weighted by atomic mass is 10.2. The lowest BCUT2D eigenvalue weighted by molar-refractivity contribution is 0.102. The average Bonchev–Trinajstić information content (AvgIpc) is 3.05. The molecule has 0 fully saturated rings. The minimum atomic E-state index is -3.76. The zero-order valence-electron chi connectivity index (χ0n) is 14.4. The van der Waals surface area contributed by atoms with Crippen LogP contribution in [0.1, 0.15) is 21.1 Å². The molecular weight excluding hydrogens is 386 g/mol. The number of benzene rings is 2. The molecule has 0 aliphatic rings. The third-order valence-electron chi connectivity index (χ3n) is 3.59. The Labute approximate surface area is 160 Å². The summed E-state index contributed by atoms with van der Waals surface area (Å²) in [5.41, 5.74) is 1.87. The predicted octanol–water partition coefficient (Wildman–Crippen LogP) is 2.93. The number of amides is 1. The van der Waals surface area contributed by atoms with Crippen molar-refractivity contribution in [3.05, 3.63) is 70.2 Å². The number of anilines is 1. The molecule has 0 atom stereocenters. The van der Waals surface area contributed by atoms with Crippen LogP contribution in [0, 0.1) is 6.92 Å². The highest BCUT2D eigenvalue weighted by Gasteiger charge is 2.10. The van der Waals surface area contributed by atoms with Crippen LogP contribution >= 0.6 is 11.3 Å². The molecule has 1 amide bonds. The molecule has 0 spiro atoms. The molecule has 0 saturated carbocycles. The summed E-state index contributed by atoms with van der Waals surface area (Å²) in [5.74, 6) is 0.317. The van der Waals surface area contributed by atoms with E-state index in [1.54, 1.807) is 24.3 Å². The number of hydrogen-bond donors (Lipinski definition) is 2. The molecule has 3 rings (SSSR count). The molecule has 0 bridgehead atoms. The van der Waals surface area contributed by atoms with Gasteiger partial charge in [0.15, 0.2) is 0 Å². The number of ether oxygens (including phenoxy) is 1. The van der Waals surface area contributed by atoms with Gasteiger partial charge in [-0.15, -0.1) is 11.3 Å². The number of sulfonamides is 1. The number of aryl methyl sites for hydroxylation is 1. The van der Waals surface area contributed by atoms with Crippen molar-refractivity contribution in [3.8, 4) is 5.75 Å². The Morgan fingerprint density at radius 3 is 2.37 bits per heavy atom. The second-order valence-electron chi connectivity index (χ2n) is 5.72. The molecule has 2 aromatic carbocycles. The number of carbonyl (C=O) groups is 1. The number of primary sulfonamides is 1. The van der Waals surface area contributed by atoms with Crippen LogP contribution in [-0.4, -0.2) is 19.3 Å². The van der Waals surface area contributed by atoms with Crippen LogP contribution in [0.4, 0.5) is 5.69 Å². The van der Waals surface area contributed by atoms with E-state index in [0.29, 0.717) is 23.6 Å². The summed E-state index contributed by atoms with van der Waals surface area (Å²) in [6.45, 7) is 2.30. The monoisotopic (exact) mass is 403 g/mol. The van der Waals surface area contributed by atoms with E-state index in [-0.39, 0.29) is 10.8 Å². The van der Waals surface area contributed by atoms with Crippen LogP contribution in [0.15, 0.2) is 58.8 Å². The standard InChI is InChI=1S/C18H17N3O4S2/c1-12-11-26-17(20-12)10-25-15-6-2-13(3-7-15)18(22)21-14-4-8-16(9-5-14)27(19,23)24/h2-9,11H,10H2,1H3,(H,21,22)(H2,19,23,24). The molecule has 0 saturated heterocycles. The van der Waals surface area contributed by atoms with Crippen molar-refractivity contribution in [3.63, 3.8) is 0 Å². The van der Waals surface area contributed by atoms with Gasteiger partial charge in [-0.25, -0.2) is 18.5 Å². The second-order valence-corrected chi connectivity index (χ2v) is 8.22. The van der Waals surface area contributed by atoms with E-state index in [0.717, 1.165) is 10.7 Å². The van der Waals surface area contributed by atoms with Gasteiger partial charge < -0.3 is 10.1 Å². The maximum Gasteiger partial charge on any atom is 0.255 e. The highest BCUT2D eigenvalue weighted by atomic mass is 32.2. The first-order chi connectivity index (χ1) is 12.8. The second kappa shape index (κ2) is 7.87. The topological polar surface area (TPSA) is 111 Å². The van der Waals surface area contributed by atoms with Crippen molar-refractivity contribution in [2.24, 2.45) is 5.14 Å². The van der Waals surface area contributed by atoms with Gasteiger partial charge in [0.2, 0.25) is 10.0 Å². The summed E-state index contributed by atoms with van der Waals surface area (Å²) >= 11 is 1.53. The summed E-state index contributed by atoms with van der Waals surface area (Å²) in [6.07, 6.45) is 0. The van der Waals surface area contributed by atoms with Crippen LogP contribution in [0.5, 0.6) is 5.75 Å². The first kappa shape index (κ1) is 19.0. The lowest BCUT2D eigenvalue weighted by Crippen LogP contribution is -2.13. The van der Waals surface area contributed by atoms with Crippen molar-refractivity contribution in [2.75, 3.05) is 5.32 Å². The van der Waals surface area contributed by atoms with Crippen molar-refractivity contribution < 1.29 is 17.9 Å². The summed E-state index contributed by atoms with van der Waals surface area (Å²) in [6, 6.07) is 12.3. The molecule has 9 heteroatoms. The van der Waals surface area contributed by atoms with E-state index in [1.807, 2.05) is 12.3 Å². The quantitative estimate of drug-likeness (QED) is 0.657. The van der Waals surface area contributed by atoms with E-state index in [4.69, 9.17) is 9.88 Å². The summed E-state index contributed by atoms with van der Waals surface area (Å²) in [5, 5.41) is 10.6. The van der Waals surface area contributed by atoms with E-state index < -0.39 is 10.0 Å². The molecule has 140 valence electrons. The highest BCUT2D eigenvalue weighted by molar-refractivity contribution is 7.89. The Bertz CT molecular complexity index is 1040. The van der Waals surface area contributed by atoms with Gasteiger partial charge in [0.05, 0.1) is 4.90 Å². The number of nitrogens with one attached hydrogen (secondary N) is 1. The Morgan fingerprint density at radius 2 is 1.81 bits per heavy atom. The van der Waals surface area contributed by atoms with Gasteiger partial charge in [0.1, 0.15) is 17.4 Å². The molecule has 3 N–H and O–H groups in total. The molecule has 7 nitrogen and oxygen atoms in total. The molecule has 0 radical (unpaired) electrons. The predicted molar refractivity (Wildman–Crippen MR) is 103 cm³/mol. The van der Waals surface area contributed by atoms with Gasteiger partial charge in [-0.3, -0.25) is 4.79 Å². The zero-order valence-corrected chi connectivity index (χ0v) is 16.0. The van der Waals surface area contributed by atoms with E-state index in [9.17, 15) is 13.2 Å². The third-order valence-corrected chi connectivity index (χ3v) is 5.46. The van der Waals surface area contributed by atoms with E-state index >= 15 is 0 Å². The molecule has 1 aromatic heterocycles. The Hall–Kier alpha value is -2.75. The summed E-state index contributed by atoms with van der Waals surface area (Å²) in [4.78, 5) is 16.6. The fraction of sp³-hybridized carbons (Fsp3) is 0.111. The van der Waals surface area contributed by atoms with Crippen molar-refractivity contribution in [1.29, 1.82) is 0 Å². The van der Waals surface area contributed by atoms with Crippen molar-refractivity contribution >= 4 is 33.0 Å². The molecule has 27 heavy (non-hydrogen) atoms. The fourth-order valence-corrected chi connectivity index (χ4v) is 3.45. The molecule has 0 aliphatic carbocycles. The van der Waals surface area contributed by atoms with Crippen molar-refractivity contribution in [2.45, 2.75) is 18.4 Å². The SMILES string of the molecule is Cc1csc(COc2ccc(C(=O)Nc3ccc(S(N)(=O)=O)cc3)cc2)n1. The highest BCUT2D eigenvalue weighted by Crippen LogP contribution is 2.18. The number of nitrogens with two attached hydrogens (primary N) is 1. The van der Waals surface area contributed by atoms with Crippen LogP contribution in [0.3, 0.4) is 0 Å². The normalized spacial score (nSPS) is 11.2. The summed E-state index contributed by atoms with van der Waals surface area (Å²) < 4.78 is 28.1. The number of nitrogens with zero attached hydrogens (tertiary/aromatic N) is 1. The third kappa shape index (κ3) is 5.13. The van der Waals surface area contributed by atoms with Gasteiger partial charge in [0, 0.05) is 22.3 Å². The van der Waals surface area contributed by atoms with Crippen LogP contribution < -0.4 is 15.2 Å². The number of aromatic nitrogens is 1. The van der Waals surface area contributed by atoms with Gasteiger partial charge >= 0.3 is 0 Å². The maximum atomic E-state index is 12.3. The molecule has 0 aliphatic heterocycles. The first-order valence-electron chi connectivity index (χ1n) is 7.89. The number of thiazole rings is 1. The fourth-order valence-electron chi connectivity index (χ4n) is 2.25. The average molecular weight is 403 g/mol. The summed E-state index contributed by atoms with van der Waals surface area (Å²) in [7, 11) is -3.76. The first-order valence-corrected chi connectivity index (χ1v) is 10.3. The van der Waals surface area contributed by atoms with E-state index in [1.165, 1.54) is 35.6 Å². The van der Waals surface area contributed by atoms with Gasteiger partial charge in [-0.2, -0.15) is 0 Å². The molecule has 3 aromatic rings. The lowest BCUT2D eigenvalue weighted by Gasteiger charge is -2.08. The minimum absolute atomic E-state index is 0.0163. The Kier molecular flexibility index (Phi) is 5.54.